The third-order valence-electron chi connectivity index (χ3n) is 2.87. The first-order chi connectivity index (χ1) is 9.33. The van der Waals surface area contributed by atoms with Gasteiger partial charge in [-0.25, -0.2) is 0 Å². The minimum Gasteiger partial charge on any atom is -0.374 e. The first-order valence-electron chi connectivity index (χ1n) is 6.49. The SMILES string of the molecule is CCNc1snnc1CN(CC)Cc1ccncc1. The monoisotopic (exact) mass is 277 g/mol. The molecule has 2 aromatic heterocycles. The molecule has 0 saturated carbocycles. The molecule has 1 N–H and O–H groups in total. The molecular formula is C13H19N5S. The topological polar surface area (TPSA) is 53.9 Å². The van der Waals surface area contributed by atoms with Gasteiger partial charge in [0.1, 0.15) is 10.7 Å². The molecule has 0 spiro atoms. The highest BCUT2D eigenvalue weighted by Gasteiger charge is 2.11. The molecule has 0 aliphatic rings. The van der Waals surface area contributed by atoms with Crippen molar-refractivity contribution in [3.05, 3.63) is 35.8 Å². The third-order valence-corrected chi connectivity index (χ3v) is 3.60. The zero-order valence-corrected chi connectivity index (χ0v) is 12.2. The molecule has 0 aliphatic heterocycles. The van der Waals surface area contributed by atoms with Gasteiger partial charge >= 0.3 is 0 Å². The summed E-state index contributed by atoms with van der Waals surface area (Å²) in [5, 5.41) is 8.60. The van der Waals surface area contributed by atoms with Crippen molar-refractivity contribution in [3.8, 4) is 0 Å². The number of hydrogen-bond donors (Lipinski definition) is 1. The first kappa shape index (κ1) is 13.9. The summed E-state index contributed by atoms with van der Waals surface area (Å²) in [6, 6.07) is 4.10. The number of hydrogen-bond acceptors (Lipinski definition) is 6. The van der Waals surface area contributed by atoms with Gasteiger partial charge in [-0.3, -0.25) is 9.88 Å². The van der Waals surface area contributed by atoms with E-state index >= 15 is 0 Å². The molecule has 0 bridgehead atoms. The van der Waals surface area contributed by atoms with E-state index in [0.717, 1.165) is 36.9 Å². The summed E-state index contributed by atoms with van der Waals surface area (Å²) in [5.41, 5.74) is 2.30. The molecule has 0 amide bonds. The van der Waals surface area contributed by atoms with E-state index < -0.39 is 0 Å². The lowest BCUT2D eigenvalue weighted by atomic mass is 10.2. The molecule has 2 aromatic rings. The Morgan fingerprint density at radius 3 is 2.68 bits per heavy atom. The van der Waals surface area contributed by atoms with Gasteiger partial charge in [-0.15, -0.1) is 5.10 Å². The second-order valence-electron chi connectivity index (χ2n) is 4.24. The zero-order chi connectivity index (χ0) is 13.5. The summed E-state index contributed by atoms with van der Waals surface area (Å²) in [7, 11) is 0. The van der Waals surface area contributed by atoms with E-state index in [9.17, 15) is 0 Å². The van der Waals surface area contributed by atoms with Crippen LogP contribution in [-0.2, 0) is 13.1 Å². The lowest BCUT2D eigenvalue weighted by Crippen LogP contribution is -2.23. The van der Waals surface area contributed by atoms with Crippen molar-refractivity contribution in [1.82, 2.24) is 19.5 Å². The van der Waals surface area contributed by atoms with Gasteiger partial charge in [0.25, 0.3) is 0 Å². The number of pyridine rings is 1. The number of rotatable bonds is 7. The molecule has 102 valence electrons. The maximum Gasteiger partial charge on any atom is 0.134 e. The molecular weight excluding hydrogens is 258 g/mol. The lowest BCUT2D eigenvalue weighted by Gasteiger charge is -2.19. The molecule has 0 aromatic carbocycles. The van der Waals surface area contributed by atoms with E-state index in [1.54, 1.807) is 0 Å². The Labute approximate surface area is 117 Å². The van der Waals surface area contributed by atoms with E-state index in [1.807, 2.05) is 24.5 Å². The molecule has 19 heavy (non-hydrogen) atoms. The summed E-state index contributed by atoms with van der Waals surface area (Å²) in [6.07, 6.45) is 3.66. The van der Waals surface area contributed by atoms with Gasteiger partial charge in [-0.2, -0.15) is 0 Å². The molecule has 6 heteroatoms. The Bertz CT molecular complexity index is 485. The Hall–Kier alpha value is -1.53. The van der Waals surface area contributed by atoms with Gasteiger partial charge in [0.05, 0.1) is 0 Å². The van der Waals surface area contributed by atoms with Crippen LogP contribution < -0.4 is 5.32 Å². The Kier molecular flexibility index (Phi) is 5.23. The molecule has 0 saturated heterocycles. The van der Waals surface area contributed by atoms with E-state index in [-0.39, 0.29) is 0 Å². The lowest BCUT2D eigenvalue weighted by molar-refractivity contribution is 0.268. The largest absolute Gasteiger partial charge is 0.374 e. The first-order valence-corrected chi connectivity index (χ1v) is 7.27. The van der Waals surface area contributed by atoms with Crippen molar-refractivity contribution in [1.29, 1.82) is 0 Å². The normalized spacial score (nSPS) is 10.9. The predicted molar refractivity (Wildman–Crippen MR) is 78.1 cm³/mol. The van der Waals surface area contributed by atoms with Crippen LogP contribution in [0.15, 0.2) is 24.5 Å². The average Bonchev–Trinajstić information content (AvgIpc) is 2.87. The van der Waals surface area contributed by atoms with E-state index in [4.69, 9.17) is 0 Å². The van der Waals surface area contributed by atoms with E-state index in [0.29, 0.717) is 0 Å². The highest BCUT2D eigenvalue weighted by atomic mass is 32.1. The fourth-order valence-electron chi connectivity index (χ4n) is 1.84. The predicted octanol–water partition coefficient (Wildman–Crippen LogP) is 2.39. The smallest absolute Gasteiger partial charge is 0.134 e. The molecule has 0 aliphatic carbocycles. The van der Waals surface area contributed by atoms with Crippen LogP contribution in [0.5, 0.6) is 0 Å². The van der Waals surface area contributed by atoms with Crippen molar-refractivity contribution in [3.63, 3.8) is 0 Å². The molecule has 2 rings (SSSR count). The summed E-state index contributed by atoms with van der Waals surface area (Å²) >= 11 is 1.42. The molecule has 2 heterocycles. The minimum absolute atomic E-state index is 0.817. The molecule has 0 radical (unpaired) electrons. The van der Waals surface area contributed by atoms with Gasteiger partial charge in [-0.05, 0) is 31.2 Å². The summed E-state index contributed by atoms with van der Waals surface area (Å²) < 4.78 is 4.03. The van der Waals surface area contributed by atoms with Gasteiger partial charge in [-0.1, -0.05) is 11.4 Å². The Morgan fingerprint density at radius 1 is 1.21 bits per heavy atom. The van der Waals surface area contributed by atoms with Crippen molar-refractivity contribution in [2.45, 2.75) is 26.9 Å². The number of anilines is 1. The van der Waals surface area contributed by atoms with Crippen LogP contribution in [-0.4, -0.2) is 32.6 Å². The highest BCUT2D eigenvalue weighted by Crippen LogP contribution is 2.19. The summed E-state index contributed by atoms with van der Waals surface area (Å²) in [4.78, 5) is 6.38. The van der Waals surface area contributed by atoms with Crippen molar-refractivity contribution >= 4 is 16.5 Å². The van der Waals surface area contributed by atoms with Crippen LogP contribution in [0.25, 0.3) is 0 Å². The second-order valence-corrected chi connectivity index (χ2v) is 4.99. The number of nitrogens with zero attached hydrogens (tertiary/aromatic N) is 4. The van der Waals surface area contributed by atoms with Crippen molar-refractivity contribution < 1.29 is 0 Å². The van der Waals surface area contributed by atoms with E-state index in [2.05, 4.69) is 38.6 Å². The quantitative estimate of drug-likeness (QED) is 0.842. The standard InChI is InChI=1S/C13H19N5S/c1-3-15-13-12(16-17-19-13)10-18(4-2)9-11-5-7-14-8-6-11/h5-8,15H,3-4,9-10H2,1-2H3. The molecule has 0 atom stereocenters. The van der Waals surface area contributed by atoms with Crippen LogP contribution in [0.1, 0.15) is 25.1 Å². The number of nitrogens with one attached hydrogen (secondary N) is 1. The van der Waals surface area contributed by atoms with Gasteiger partial charge in [0.15, 0.2) is 0 Å². The summed E-state index contributed by atoms with van der Waals surface area (Å²) in [5.74, 6) is 0. The van der Waals surface area contributed by atoms with E-state index in [1.165, 1.54) is 17.1 Å². The van der Waals surface area contributed by atoms with Crippen LogP contribution in [0.3, 0.4) is 0 Å². The fraction of sp³-hybridized carbons (Fsp3) is 0.462. The van der Waals surface area contributed by atoms with Crippen LogP contribution in [0.4, 0.5) is 5.00 Å². The maximum absolute atomic E-state index is 4.22. The zero-order valence-electron chi connectivity index (χ0n) is 11.3. The van der Waals surface area contributed by atoms with Crippen molar-refractivity contribution in [2.75, 3.05) is 18.4 Å². The minimum atomic E-state index is 0.817. The second kappa shape index (κ2) is 7.16. The molecule has 5 nitrogen and oxygen atoms in total. The summed E-state index contributed by atoms with van der Waals surface area (Å²) in [6.45, 7) is 7.84. The fourth-order valence-corrected chi connectivity index (χ4v) is 2.49. The Balaban J connectivity index is 2.00. The molecule has 0 fully saturated rings. The Morgan fingerprint density at radius 2 is 2.00 bits per heavy atom. The van der Waals surface area contributed by atoms with Gasteiger partial charge in [0, 0.05) is 43.6 Å². The van der Waals surface area contributed by atoms with Crippen LogP contribution in [0.2, 0.25) is 0 Å². The van der Waals surface area contributed by atoms with Crippen LogP contribution >= 0.6 is 11.5 Å². The average molecular weight is 277 g/mol. The van der Waals surface area contributed by atoms with Gasteiger partial charge < -0.3 is 5.32 Å². The molecule has 0 unspecified atom stereocenters. The van der Waals surface area contributed by atoms with Crippen LogP contribution in [0, 0.1) is 0 Å². The van der Waals surface area contributed by atoms with Gasteiger partial charge in [0.2, 0.25) is 0 Å². The third kappa shape index (κ3) is 3.97. The van der Waals surface area contributed by atoms with Crippen molar-refractivity contribution in [2.24, 2.45) is 0 Å². The number of aromatic nitrogens is 3. The highest BCUT2D eigenvalue weighted by molar-refractivity contribution is 7.10. The maximum atomic E-state index is 4.22.